The molecule has 0 radical (unpaired) electrons. The Morgan fingerprint density at radius 3 is 2.92 bits per heavy atom. The number of anilines is 1. The second-order valence-corrected chi connectivity index (χ2v) is 7.00. The normalized spacial score (nSPS) is 15.2. The molecule has 0 spiro atoms. The molecule has 1 saturated heterocycles. The number of aromatic nitrogens is 3. The van der Waals surface area contributed by atoms with Gasteiger partial charge in [-0.25, -0.2) is 4.98 Å². The molecule has 1 aliphatic heterocycles. The van der Waals surface area contributed by atoms with E-state index in [1.54, 1.807) is 11.4 Å². The summed E-state index contributed by atoms with van der Waals surface area (Å²) in [6.45, 7) is 1.92. The summed E-state index contributed by atoms with van der Waals surface area (Å²) in [5.41, 5.74) is 0.890. The Labute approximate surface area is 152 Å². The molecule has 1 aliphatic rings. The number of aromatic amines is 1. The Hall–Kier alpha value is -2.85. The molecule has 0 bridgehead atoms. The molecule has 1 fully saturated rings. The summed E-state index contributed by atoms with van der Waals surface area (Å²) in [5, 5.41) is 27.0. The number of fused-ring (bicyclic) bond motifs is 1. The Morgan fingerprint density at radius 2 is 2.15 bits per heavy atom. The van der Waals surface area contributed by atoms with Crippen LogP contribution in [-0.2, 0) is 0 Å². The number of hydrogen-bond acceptors (Lipinski definition) is 7. The van der Waals surface area contributed by atoms with Crippen molar-refractivity contribution in [1.82, 2.24) is 20.5 Å². The van der Waals surface area contributed by atoms with Crippen molar-refractivity contribution in [1.29, 1.82) is 0 Å². The van der Waals surface area contributed by atoms with Crippen LogP contribution in [0.3, 0.4) is 0 Å². The summed E-state index contributed by atoms with van der Waals surface area (Å²) in [6, 6.07) is 4.34. The standard InChI is InChI=1S/C16H16N6O3S/c23-15(13-8-26-16(18-13)9-3-5-17-6-4-9)19-14-11-7-10(22(24)25)1-2-12(11)20-21-14/h1-2,7-9,17H,3-6H2,(H2,19,20,21,23). The first kappa shape index (κ1) is 16.6. The molecular weight excluding hydrogens is 356 g/mol. The van der Waals surface area contributed by atoms with Gasteiger partial charge in [-0.3, -0.25) is 20.0 Å². The predicted molar refractivity (Wildman–Crippen MR) is 97.7 cm³/mol. The minimum atomic E-state index is -0.482. The monoisotopic (exact) mass is 372 g/mol. The fourth-order valence-electron chi connectivity index (χ4n) is 3.03. The van der Waals surface area contributed by atoms with Gasteiger partial charge in [0.05, 0.1) is 20.8 Å². The number of non-ortho nitro benzene ring substituents is 1. The molecule has 4 rings (SSSR count). The molecule has 26 heavy (non-hydrogen) atoms. The lowest BCUT2D eigenvalue weighted by molar-refractivity contribution is -0.384. The van der Waals surface area contributed by atoms with E-state index < -0.39 is 4.92 Å². The van der Waals surface area contributed by atoms with E-state index in [1.807, 2.05) is 0 Å². The summed E-state index contributed by atoms with van der Waals surface area (Å²) in [7, 11) is 0. The lowest BCUT2D eigenvalue weighted by Crippen LogP contribution is -2.26. The van der Waals surface area contributed by atoms with Crippen molar-refractivity contribution >= 4 is 39.7 Å². The van der Waals surface area contributed by atoms with Crippen molar-refractivity contribution < 1.29 is 9.72 Å². The maximum absolute atomic E-state index is 12.5. The van der Waals surface area contributed by atoms with Crippen LogP contribution in [-0.4, -0.2) is 39.1 Å². The topological polar surface area (TPSA) is 126 Å². The average molecular weight is 372 g/mol. The van der Waals surface area contributed by atoms with Crippen LogP contribution in [0.2, 0.25) is 0 Å². The van der Waals surface area contributed by atoms with Crippen LogP contribution in [0.5, 0.6) is 0 Å². The van der Waals surface area contributed by atoms with Crippen molar-refractivity contribution in [3.63, 3.8) is 0 Å². The lowest BCUT2D eigenvalue weighted by atomic mass is 9.99. The molecule has 3 heterocycles. The lowest BCUT2D eigenvalue weighted by Gasteiger charge is -2.20. The van der Waals surface area contributed by atoms with Crippen molar-refractivity contribution in [2.75, 3.05) is 18.4 Å². The van der Waals surface area contributed by atoms with Crippen molar-refractivity contribution in [2.24, 2.45) is 0 Å². The Balaban J connectivity index is 1.54. The predicted octanol–water partition coefficient (Wildman–Crippen LogP) is 2.65. The van der Waals surface area contributed by atoms with Gasteiger partial charge in [0, 0.05) is 23.4 Å². The fraction of sp³-hybridized carbons (Fsp3) is 0.312. The van der Waals surface area contributed by atoms with Crippen LogP contribution >= 0.6 is 11.3 Å². The number of carbonyl (C=O) groups is 1. The van der Waals surface area contributed by atoms with Crippen molar-refractivity contribution in [3.8, 4) is 0 Å². The number of H-pyrrole nitrogens is 1. The van der Waals surface area contributed by atoms with E-state index in [-0.39, 0.29) is 17.4 Å². The van der Waals surface area contributed by atoms with Crippen LogP contribution in [0.15, 0.2) is 23.6 Å². The second-order valence-electron chi connectivity index (χ2n) is 6.11. The third kappa shape index (κ3) is 3.16. The van der Waals surface area contributed by atoms with E-state index in [2.05, 4.69) is 25.8 Å². The summed E-state index contributed by atoms with van der Waals surface area (Å²) in [5.74, 6) is 0.267. The van der Waals surface area contributed by atoms with E-state index in [0.717, 1.165) is 30.9 Å². The first-order chi connectivity index (χ1) is 12.6. The molecule has 0 saturated carbocycles. The summed E-state index contributed by atoms with van der Waals surface area (Å²) < 4.78 is 0. The average Bonchev–Trinajstić information content (AvgIpc) is 3.30. The number of nitrogens with one attached hydrogen (secondary N) is 3. The molecule has 10 heteroatoms. The molecule has 1 aromatic carbocycles. The third-order valence-corrected chi connectivity index (χ3v) is 5.44. The molecule has 3 aromatic rings. The van der Waals surface area contributed by atoms with Crippen molar-refractivity contribution in [2.45, 2.75) is 18.8 Å². The number of carbonyl (C=O) groups excluding carboxylic acids is 1. The highest BCUT2D eigenvalue weighted by Gasteiger charge is 2.21. The van der Waals surface area contributed by atoms with Gasteiger partial charge >= 0.3 is 0 Å². The van der Waals surface area contributed by atoms with Gasteiger partial charge in [-0.05, 0) is 32.0 Å². The molecule has 1 amide bonds. The van der Waals surface area contributed by atoms with Crippen LogP contribution in [0, 0.1) is 10.1 Å². The number of nitrogens with zero attached hydrogens (tertiary/aromatic N) is 3. The van der Waals surface area contributed by atoms with Gasteiger partial charge in [0.1, 0.15) is 5.69 Å². The number of nitro groups is 1. The Kier molecular flexibility index (Phi) is 4.35. The molecule has 134 valence electrons. The number of thiazole rings is 1. The number of nitro benzene ring substituents is 1. The third-order valence-electron chi connectivity index (χ3n) is 4.43. The molecule has 9 nitrogen and oxygen atoms in total. The van der Waals surface area contributed by atoms with E-state index >= 15 is 0 Å². The quantitative estimate of drug-likeness (QED) is 0.477. The molecule has 0 aliphatic carbocycles. The van der Waals surface area contributed by atoms with E-state index in [0.29, 0.717) is 22.5 Å². The van der Waals surface area contributed by atoms with Crippen LogP contribution in [0.4, 0.5) is 11.5 Å². The number of rotatable bonds is 4. The number of amides is 1. The Morgan fingerprint density at radius 1 is 1.35 bits per heavy atom. The van der Waals surface area contributed by atoms with Gasteiger partial charge in [-0.15, -0.1) is 11.3 Å². The summed E-state index contributed by atoms with van der Waals surface area (Å²) >= 11 is 1.49. The number of piperidine rings is 1. The maximum atomic E-state index is 12.5. The second kappa shape index (κ2) is 6.81. The molecule has 0 unspecified atom stereocenters. The van der Waals surface area contributed by atoms with E-state index in [4.69, 9.17) is 0 Å². The minimum absolute atomic E-state index is 0.0590. The van der Waals surface area contributed by atoms with Crippen LogP contribution in [0.1, 0.15) is 34.3 Å². The van der Waals surface area contributed by atoms with Crippen molar-refractivity contribution in [3.05, 3.63) is 44.4 Å². The first-order valence-corrected chi connectivity index (χ1v) is 9.10. The number of benzene rings is 1. The summed E-state index contributed by atoms with van der Waals surface area (Å²) in [4.78, 5) is 27.4. The molecule has 3 N–H and O–H groups in total. The highest BCUT2D eigenvalue weighted by atomic mass is 32.1. The zero-order valence-electron chi connectivity index (χ0n) is 13.7. The van der Waals surface area contributed by atoms with E-state index in [1.165, 1.54) is 23.5 Å². The minimum Gasteiger partial charge on any atom is -0.317 e. The highest BCUT2D eigenvalue weighted by Crippen LogP contribution is 2.29. The van der Waals surface area contributed by atoms with Gasteiger partial charge < -0.3 is 10.6 Å². The van der Waals surface area contributed by atoms with Gasteiger partial charge in [-0.1, -0.05) is 0 Å². The van der Waals surface area contributed by atoms with Crippen LogP contribution < -0.4 is 10.6 Å². The fourth-order valence-corrected chi connectivity index (χ4v) is 4.00. The summed E-state index contributed by atoms with van der Waals surface area (Å²) in [6.07, 6.45) is 2.03. The molecular formula is C16H16N6O3S. The highest BCUT2D eigenvalue weighted by molar-refractivity contribution is 7.10. The largest absolute Gasteiger partial charge is 0.317 e. The Bertz CT molecular complexity index is 975. The van der Waals surface area contributed by atoms with E-state index in [9.17, 15) is 14.9 Å². The molecule has 0 atom stereocenters. The SMILES string of the molecule is O=C(Nc1n[nH]c2ccc([N+](=O)[O-])cc12)c1csc(C2CCNCC2)n1. The van der Waals surface area contributed by atoms with Crippen LogP contribution in [0.25, 0.3) is 10.9 Å². The zero-order valence-corrected chi connectivity index (χ0v) is 14.5. The van der Waals surface area contributed by atoms with Gasteiger partial charge in [0.2, 0.25) is 0 Å². The molecule has 2 aromatic heterocycles. The zero-order chi connectivity index (χ0) is 18.1. The maximum Gasteiger partial charge on any atom is 0.276 e. The van der Waals surface area contributed by atoms with Gasteiger partial charge in [0.25, 0.3) is 11.6 Å². The van der Waals surface area contributed by atoms with Gasteiger partial charge in [-0.2, -0.15) is 5.10 Å². The van der Waals surface area contributed by atoms with Gasteiger partial charge in [0.15, 0.2) is 5.82 Å². The first-order valence-electron chi connectivity index (χ1n) is 8.22. The smallest absolute Gasteiger partial charge is 0.276 e. The number of hydrogen-bond donors (Lipinski definition) is 3.